The molecule has 0 heterocycles. The summed E-state index contributed by atoms with van der Waals surface area (Å²) in [5, 5.41) is 18.0. The first kappa shape index (κ1) is 11.9. The maximum Gasteiger partial charge on any atom is 0.335 e. The van der Waals surface area contributed by atoms with Gasteiger partial charge in [0.25, 0.3) is 0 Å². The number of hydrogen-bond acceptors (Lipinski definition) is 2. The first-order valence-electron chi connectivity index (χ1n) is 4.22. The molecular weight excluding hydrogens is 223 g/mol. The van der Waals surface area contributed by atoms with Gasteiger partial charge in [0.2, 0.25) is 0 Å². The second kappa shape index (κ2) is 4.16. The Kier molecular flexibility index (Phi) is 3.31. The van der Waals surface area contributed by atoms with E-state index in [4.69, 9.17) is 16.7 Å². The topological polar surface area (TPSA) is 57.5 Å². The SMILES string of the molecule is CC(O)(Cc1ccc(F)c(Cl)c1)C(=O)O. The third-order valence-electron chi connectivity index (χ3n) is 1.99. The van der Waals surface area contributed by atoms with Crippen molar-refractivity contribution in [3.8, 4) is 0 Å². The van der Waals surface area contributed by atoms with Crippen molar-refractivity contribution in [2.45, 2.75) is 18.9 Å². The van der Waals surface area contributed by atoms with Gasteiger partial charge in [-0.15, -0.1) is 0 Å². The lowest BCUT2D eigenvalue weighted by Crippen LogP contribution is -2.37. The normalized spacial score (nSPS) is 14.7. The number of carboxylic acids is 1. The Bertz CT molecular complexity index is 390. The highest BCUT2D eigenvalue weighted by Gasteiger charge is 2.30. The fourth-order valence-electron chi connectivity index (χ4n) is 1.12. The lowest BCUT2D eigenvalue weighted by molar-refractivity contribution is -0.156. The molecule has 5 heteroatoms. The molecular formula is C10H10ClFO3. The van der Waals surface area contributed by atoms with Gasteiger partial charge in [0.15, 0.2) is 5.60 Å². The number of carboxylic acid groups (broad SMARTS) is 1. The van der Waals surface area contributed by atoms with E-state index in [9.17, 15) is 14.3 Å². The van der Waals surface area contributed by atoms with Crippen LogP contribution >= 0.6 is 11.6 Å². The van der Waals surface area contributed by atoms with Gasteiger partial charge in [-0.05, 0) is 24.6 Å². The minimum atomic E-state index is -1.87. The highest BCUT2D eigenvalue weighted by molar-refractivity contribution is 6.30. The van der Waals surface area contributed by atoms with Crippen LogP contribution in [0.25, 0.3) is 0 Å². The standard InChI is InChI=1S/C10H10ClFO3/c1-10(15,9(13)14)5-6-2-3-8(12)7(11)4-6/h2-4,15H,5H2,1H3,(H,13,14). The highest BCUT2D eigenvalue weighted by Crippen LogP contribution is 2.20. The largest absolute Gasteiger partial charge is 0.479 e. The van der Waals surface area contributed by atoms with Gasteiger partial charge in [-0.2, -0.15) is 0 Å². The highest BCUT2D eigenvalue weighted by atomic mass is 35.5. The van der Waals surface area contributed by atoms with Crippen molar-refractivity contribution in [3.63, 3.8) is 0 Å². The maximum atomic E-state index is 12.8. The van der Waals surface area contributed by atoms with Crippen molar-refractivity contribution in [2.75, 3.05) is 0 Å². The lowest BCUT2D eigenvalue weighted by Gasteiger charge is -2.17. The van der Waals surface area contributed by atoms with Crippen molar-refractivity contribution < 1.29 is 19.4 Å². The van der Waals surface area contributed by atoms with E-state index in [1.54, 1.807) is 0 Å². The predicted molar refractivity (Wildman–Crippen MR) is 53.4 cm³/mol. The summed E-state index contributed by atoms with van der Waals surface area (Å²) < 4.78 is 12.8. The van der Waals surface area contributed by atoms with Crippen molar-refractivity contribution in [3.05, 3.63) is 34.6 Å². The third-order valence-corrected chi connectivity index (χ3v) is 2.28. The number of hydrogen-bond donors (Lipinski definition) is 2. The zero-order valence-electron chi connectivity index (χ0n) is 8.00. The third kappa shape index (κ3) is 2.91. The van der Waals surface area contributed by atoms with Crippen molar-refractivity contribution in [1.82, 2.24) is 0 Å². The Morgan fingerprint density at radius 2 is 2.20 bits per heavy atom. The summed E-state index contributed by atoms with van der Waals surface area (Å²) in [7, 11) is 0. The number of halogens is 2. The Labute approximate surface area is 91.1 Å². The van der Waals surface area contributed by atoms with Crippen molar-refractivity contribution in [1.29, 1.82) is 0 Å². The van der Waals surface area contributed by atoms with Crippen LogP contribution in [0.1, 0.15) is 12.5 Å². The molecule has 2 N–H and O–H groups in total. The molecule has 1 aromatic carbocycles. The summed E-state index contributed by atoms with van der Waals surface area (Å²) in [6, 6.07) is 3.82. The fraction of sp³-hybridized carbons (Fsp3) is 0.300. The van der Waals surface area contributed by atoms with E-state index in [0.29, 0.717) is 5.56 Å². The van der Waals surface area contributed by atoms with E-state index in [0.717, 1.165) is 6.07 Å². The first-order valence-corrected chi connectivity index (χ1v) is 4.60. The zero-order valence-corrected chi connectivity index (χ0v) is 8.75. The van der Waals surface area contributed by atoms with Gasteiger partial charge in [0.1, 0.15) is 5.82 Å². The number of aliphatic carboxylic acids is 1. The van der Waals surface area contributed by atoms with E-state index in [2.05, 4.69) is 0 Å². The summed E-state index contributed by atoms with van der Waals surface area (Å²) in [4.78, 5) is 10.6. The molecule has 0 aromatic heterocycles. The van der Waals surface area contributed by atoms with Crippen LogP contribution in [0, 0.1) is 5.82 Å². The maximum absolute atomic E-state index is 12.8. The molecule has 15 heavy (non-hydrogen) atoms. The van der Waals surface area contributed by atoms with Crippen LogP contribution in [0.3, 0.4) is 0 Å². The molecule has 0 aliphatic heterocycles. The monoisotopic (exact) mass is 232 g/mol. The summed E-state index contributed by atoms with van der Waals surface area (Å²) in [5.74, 6) is -1.90. The van der Waals surface area contributed by atoms with E-state index < -0.39 is 17.4 Å². The first-order chi connectivity index (χ1) is 6.83. The van der Waals surface area contributed by atoms with E-state index in [-0.39, 0.29) is 11.4 Å². The van der Waals surface area contributed by atoms with Crippen LogP contribution < -0.4 is 0 Å². The van der Waals surface area contributed by atoms with Gasteiger partial charge < -0.3 is 10.2 Å². The summed E-state index contributed by atoms with van der Waals surface area (Å²) in [6.45, 7) is 1.17. The summed E-state index contributed by atoms with van der Waals surface area (Å²) >= 11 is 5.52. The molecule has 3 nitrogen and oxygen atoms in total. The molecule has 0 amide bonds. The van der Waals surface area contributed by atoms with Gasteiger partial charge >= 0.3 is 5.97 Å². The van der Waals surface area contributed by atoms with Crippen LogP contribution in [-0.4, -0.2) is 21.8 Å². The Hall–Kier alpha value is -1.13. The number of aliphatic hydroxyl groups is 1. The van der Waals surface area contributed by atoms with E-state index in [1.807, 2.05) is 0 Å². The predicted octanol–water partition coefficient (Wildman–Crippen LogP) is 1.86. The molecule has 0 aliphatic carbocycles. The molecule has 0 radical (unpaired) electrons. The Morgan fingerprint density at radius 3 is 2.67 bits per heavy atom. The molecule has 1 rings (SSSR count). The quantitative estimate of drug-likeness (QED) is 0.836. The second-order valence-corrected chi connectivity index (χ2v) is 3.91. The molecule has 82 valence electrons. The van der Waals surface area contributed by atoms with Crippen LogP contribution in [0.4, 0.5) is 4.39 Å². The fourth-order valence-corrected chi connectivity index (χ4v) is 1.33. The lowest BCUT2D eigenvalue weighted by atomic mass is 9.97. The van der Waals surface area contributed by atoms with E-state index >= 15 is 0 Å². The minimum absolute atomic E-state index is 0.0892. The molecule has 0 saturated carbocycles. The average Bonchev–Trinajstić information content (AvgIpc) is 2.10. The molecule has 1 unspecified atom stereocenters. The van der Waals surface area contributed by atoms with Gasteiger partial charge in [-0.1, -0.05) is 17.7 Å². The van der Waals surface area contributed by atoms with Crippen molar-refractivity contribution >= 4 is 17.6 Å². The van der Waals surface area contributed by atoms with Crippen LogP contribution in [0.15, 0.2) is 18.2 Å². The average molecular weight is 233 g/mol. The number of rotatable bonds is 3. The van der Waals surface area contributed by atoms with Crippen LogP contribution in [0.2, 0.25) is 5.02 Å². The molecule has 1 aromatic rings. The zero-order chi connectivity index (χ0) is 11.6. The van der Waals surface area contributed by atoms with Gasteiger partial charge in [-0.3, -0.25) is 0 Å². The van der Waals surface area contributed by atoms with E-state index in [1.165, 1.54) is 19.1 Å². The van der Waals surface area contributed by atoms with Gasteiger partial charge in [0, 0.05) is 6.42 Å². The smallest absolute Gasteiger partial charge is 0.335 e. The number of carbonyl (C=O) groups is 1. The Morgan fingerprint density at radius 1 is 1.60 bits per heavy atom. The van der Waals surface area contributed by atoms with Crippen molar-refractivity contribution in [2.24, 2.45) is 0 Å². The Balaban J connectivity index is 2.91. The number of benzene rings is 1. The van der Waals surface area contributed by atoms with Gasteiger partial charge in [0.05, 0.1) is 5.02 Å². The molecule has 0 saturated heterocycles. The molecule has 0 spiro atoms. The van der Waals surface area contributed by atoms with Crippen LogP contribution in [0.5, 0.6) is 0 Å². The van der Waals surface area contributed by atoms with Crippen LogP contribution in [-0.2, 0) is 11.2 Å². The summed E-state index contributed by atoms with van der Waals surface area (Å²) in [5.41, 5.74) is -1.41. The minimum Gasteiger partial charge on any atom is -0.479 e. The molecule has 0 aliphatic rings. The van der Waals surface area contributed by atoms with Gasteiger partial charge in [-0.25, -0.2) is 9.18 Å². The molecule has 0 bridgehead atoms. The molecule has 1 atom stereocenters. The molecule has 0 fully saturated rings. The summed E-state index contributed by atoms with van der Waals surface area (Å²) in [6.07, 6.45) is -0.123. The second-order valence-electron chi connectivity index (χ2n) is 3.50.